The minimum absolute atomic E-state index is 0.147. The third-order valence-corrected chi connectivity index (χ3v) is 3.26. The number of aromatic nitrogens is 1. The Kier molecular flexibility index (Phi) is 3.53. The number of pyridine rings is 1. The van der Waals surface area contributed by atoms with Crippen LogP contribution in [0.15, 0.2) is 22.8 Å². The van der Waals surface area contributed by atoms with Crippen LogP contribution in [0.2, 0.25) is 0 Å². The SMILES string of the molecule is CCC(C)(C)N(C)c1cccc(Br)n1. The Bertz CT molecular complexity index is 310. The Morgan fingerprint density at radius 2 is 2.07 bits per heavy atom. The van der Waals surface area contributed by atoms with Gasteiger partial charge in [-0.25, -0.2) is 4.98 Å². The van der Waals surface area contributed by atoms with Gasteiger partial charge in [-0.2, -0.15) is 0 Å². The van der Waals surface area contributed by atoms with Crippen LogP contribution in [-0.2, 0) is 0 Å². The molecule has 0 N–H and O–H groups in total. The fourth-order valence-electron chi connectivity index (χ4n) is 1.13. The average molecular weight is 257 g/mol. The first-order chi connectivity index (χ1) is 6.47. The molecule has 0 radical (unpaired) electrons. The molecular weight excluding hydrogens is 240 g/mol. The van der Waals surface area contributed by atoms with E-state index in [9.17, 15) is 0 Å². The molecule has 14 heavy (non-hydrogen) atoms. The summed E-state index contributed by atoms with van der Waals surface area (Å²) in [5, 5.41) is 0. The Morgan fingerprint density at radius 3 is 2.57 bits per heavy atom. The van der Waals surface area contributed by atoms with Gasteiger partial charge in [-0.1, -0.05) is 13.0 Å². The van der Waals surface area contributed by atoms with E-state index in [4.69, 9.17) is 0 Å². The number of hydrogen-bond acceptors (Lipinski definition) is 2. The summed E-state index contributed by atoms with van der Waals surface area (Å²) < 4.78 is 0.883. The number of nitrogens with zero attached hydrogens (tertiary/aromatic N) is 2. The highest BCUT2D eigenvalue weighted by Gasteiger charge is 2.22. The van der Waals surface area contributed by atoms with Crippen molar-refractivity contribution in [3.8, 4) is 0 Å². The lowest BCUT2D eigenvalue weighted by Gasteiger charge is -2.35. The lowest BCUT2D eigenvalue weighted by molar-refractivity contribution is 0.467. The van der Waals surface area contributed by atoms with Crippen LogP contribution in [-0.4, -0.2) is 17.6 Å². The minimum Gasteiger partial charge on any atom is -0.355 e. The fraction of sp³-hybridized carbons (Fsp3) is 0.545. The van der Waals surface area contributed by atoms with E-state index in [0.717, 1.165) is 16.8 Å². The third kappa shape index (κ3) is 2.47. The van der Waals surface area contributed by atoms with Gasteiger partial charge >= 0.3 is 0 Å². The van der Waals surface area contributed by atoms with Crippen LogP contribution in [0.25, 0.3) is 0 Å². The van der Waals surface area contributed by atoms with Gasteiger partial charge in [0.15, 0.2) is 0 Å². The Labute approximate surface area is 94.5 Å². The highest BCUT2D eigenvalue weighted by Crippen LogP contribution is 2.23. The number of halogens is 1. The van der Waals surface area contributed by atoms with Crippen molar-refractivity contribution in [1.82, 2.24) is 4.98 Å². The molecule has 0 aliphatic heterocycles. The maximum Gasteiger partial charge on any atom is 0.130 e. The molecule has 1 heterocycles. The van der Waals surface area contributed by atoms with E-state index < -0.39 is 0 Å². The van der Waals surface area contributed by atoms with Crippen LogP contribution in [0.5, 0.6) is 0 Å². The van der Waals surface area contributed by atoms with Crippen LogP contribution in [0.3, 0.4) is 0 Å². The molecule has 0 aliphatic rings. The Balaban J connectivity index is 2.94. The van der Waals surface area contributed by atoms with Crippen molar-refractivity contribution in [3.63, 3.8) is 0 Å². The van der Waals surface area contributed by atoms with Gasteiger partial charge in [-0.3, -0.25) is 0 Å². The van der Waals surface area contributed by atoms with Gasteiger partial charge in [0.2, 0.25) is 0 Å². The molecule has 0 saturated carbocycles. The number of hydrogen-bond donors (Lipinski definition) is 0. The normalized spacial score (nSPS) is 11.5. The molecule has 78 valence electrons. The average Bonchev–Trinajstić information content (AvgIpc) is 2.16. The molecule has 0 saturated heterocycles. The van der Waals surface area contributed by atoms with Gasteiger partial charge in [0.05, 0.1) is 0 Å². The molecule has 0 bridgehead atoms. The van der Waals surface area contributed by atoms with Crippen molar-refractivity contribution in [2.75, 3.05) is 11.9 Å². The molecule has 1 aromatic heterocycles. The first-order valence-electron chi connectivity index (χ1n) is 4.84. The zero-order valence-electron chi connectivity index (χ0n) is 9.21. The van der Waals surface area contributed by atoms with Crippen molar-refractivity contribution in [3.05, 3.63) is 22.8 Å². The Morgan fingerprint density at radius 1 is 1.43 bits per heavy atom. The van der Waals surface area contributed by atoms with E-state index in [-0.39, 0.29) is 5.54 Å². The van der Waals surface area contributed by atoms with Crippen molar-refractivity contribution < 1.29 is 0 Å². The van der Waals surface area contributed by atoms with Crippen molar-refractivity contribution in [2.45, 2.75) is 32.7 Å². The second-order valence-corrected chi connectivity index (χ2v) is 4.86. The first-order valence-corrected chi connectivity index (χ1v) is 5.63. The maximum atomic E-state index is 4.43. The van der Waals surface area contributed by atoms with Crippen LogP contribution < -0.4 is 4.90 Å². The summed E-state index contributed by atoms with van der Waals surface area (Å²) in [5.74, 6) is 1.01. The van der Waals surface area contributed by atoms with E-state index in [1.807, 2.05) is 18.2 Å². The van der Waals surface area contributed by atoms with E-state index in [0.29, 0.717) is 0 Å². The summed E-state index contributed by atoms with van der Waals surface area (Å²) in [6.45, 7) is 6.62. The Hall–Kier alpha value is -0.570. The van der Waals surface area contributed by atoms with Gasteiger partial charge in [-0.15, -0.1) is 0 Å². The van der Waals surface area contributed by atoms with Gasteiger partial charge < -0.3 is 4.90 Å². The third-order valence-electron chi connectivity index (χ3n) is 2.82. The summed E-state index contributed by atoms with van der Waals surface area (Å²) in [6.07, 6.45) is 1.09. The highest BCUT2D eigenvalue weighted by molar-refractivity contribution is 9.10. The summed E-state index contributed by atoms with van der Waals surface area (Å²) in [4.78, 5) is 6.64. The van der Waals surface area contributed by atoms with Crippen LogP contribution in [0.4, 0.5) is 5.82 Å². The van der Waals surface area contributed by atoms with E-state index in [1.165, 1.54) is 0 Å². The van der Waals surface area contributed by atoms with Crippen LogP contribution in [0, 0.1) is 0 Å². The minimum atomic E-state index is 0.147. The second kappa shape index (κ2) is 4.30. The molecule has 0 aromatic carbocycles. The summed E-state index contributed by atoms with van der Waals surface area (Å²) in [5.41, 5.74) is 0.147. The molecule has 3 heteroatoms. The maximum absolute atomic E-state index is 4.43. The predicted octanol–water partition coefficient (Wildman–Crippen LogP) is 3.47. The van der Waals surface area contributed by atoms with Crippen LogP contribution in [0.1, 0.15) is 27.2 Å². The predicted molar refractivity (Wildman–Crippen MR) is 64.7 cm³/mol. The quantitative estimate of drug-likeness (QED) is 0.771. The summed E-state index contributed by atoms with van der Waals surface area (Å²) >= 11 is 3.38. The zero-order chi connectivity index (χ0) is 10.8. The lowest BCUT2D eigenvalue weighted by atomic mass is 10.0. The second-order valence-electron chi connectivity index (χ2n) is 4.04. The number of anilines is 1. The van der Waals surface area contributed by atoms with Gasteiger partial charge in [0.25, 0.3) is 0 Å². The monoisotopic (exact) mass is 256 g/mol. The topological polar surface area (TPSA) is 16.1 Å². The standard InChI is InChI=1S/C11H17BrN2/c1-5-11(2,3)14(4)10-8-6-7-9(12)13-10/h6-8H,5H2,1-4H3. The molecule has 2 nitrogen and oxygen atoms in total. The lowest BCUT2D eigenvalue weighted by Crippen LogP contribution is -2.41. The van der Waals surface area contributed by atoms with Gasteiger partial charge in [0.1, 0.15) is 10.4 Å². The summed E-state index contributed by atoms with van der Waals surface area (Å²) in [6, 6.07) is 5.98. The molecule has 0 unspecified atom stereocenters. The zero-order valence-corrected chi connectivity index (χ0v) is 10.8. The molecule has 0 amide bonds. The van der Waals surface area contributed by atoms with E-state index >= 15 is 0 Å². The van der Waals surface area contributed by atoms with Gasteiger partial charge in [-0.05, 0) is 48.3 Å². The first kappa shape index (κ1) is 11.5. The van der Waals surface area contributed by atoms with Crippen molar-refractivity contribution in [1.29, 1.82) is 0 Å². The molecule has 1 aromatic rings. The van der Waals surface area contributed by atoms with Crippen molar-refractivity contribution in [2.24, 2.45) is 0 Å². The van der Waals surface area contributed by atoms with Gasteiger partial charge in [0, 0.05) is 12.6 Å². The molecular formula is C11H17BrN2. The molecule has 0 fully saturated rings. The largest absolute Gasteiger partial charge is 0.355 e. The molecule has 0 aliphatic carbocycles. The fourth-order valence-corrected chi connectivity index (χ4v) is 1.47. The molecule has 0 atom stereocenters. The van der Waals surface area contributed by atoms with E-state index in [1.54, 1.807) is 0 Å². The summed E-state index contributed by atoms with van der Waals surface area (Å²) in [7, 11) is 2.08. The van der Waals surface area contributed by atoms with E-state index in [2.05, 4.69) is 53.6 Å². The molecule has 1 rings (SSSR count). The van der Waals surface area contributed by atoms with Crippen molar-refractivity contribution >= 4 is 21.7 Å². The molecule has 0 spiro atoms. The van der Waals surface area contributed by atoms with Crippen LogP contribution >= 0.6 is 15.9 Å². The highest BCUT2D eigenvalue weighted by atomic mass is 79.9. The smallest absolute Gasteiger partial charge is 0.130 e. The number of rotatable bonds is 3.